The first-order valence-electron chi connectivity index (χ1n) is 7.49. The fourth-order valence-electron chi connectivity index (χ4n) is 1.63. The molecular formula is C12H3F17N2O3S. The molecule has 0 saturated heterocycles. The largest absolute Gasteiger partial charge is 0.462 e. The molecule has 204 valence electrons. The van der Waals surface area contributed by atoms with Gasteiger partial charge in [0.25, 0.3) is 0 Å². The predicted molar refractivity (Wildman–Crippen MR) is 73.6 cm³/mol. The molecular weight excluding hydrogens is 575 g/mol. The summed E-state index contributed by atoms with van der Waals surface area (Å²) in [6.07, 6.45) is -37.9. The number of aromatic nitrogens is 1. The molecule has 23 heteroatoms. The zero-order valence-corrected chi connectivity index (χ0v) is 16.0. The minimum atomic E-state index is -8.05. The van der Waals surface area contributed by atoms with Crippen molar-refractivity contribution in [3.63, 3.8) is 0 Å². The number of halogens is 17. The maximum absolute atomic E-state index is 14.2. The van der Waals surface area contributed by atoms with E-state index in [2.05, 4.69) is 4.98 Å². The first-order chi connectivity index (χ1) is 15.2. The molecule has 5 nitrogen and oxygen atoms in total. The van der Waals surface area contributed by atoms with Crippen LogP contribution in [0.3, 0.4) is 0 Å². The van der Waals surface area contributed by atoms with E-state index in [9.17, 15) is 79.4 Å². The molecule has 0 aliphatic heterocycles. The second kappa shape index (κ2) is 8.74. The van der Waals surface area contributed by atoms with Gasteiger partial charge >= 0.3 is 54.3 Å². The van der Waals surface area contributed by atoms with E-state index >= 15 is 0 Å². The highest BCUT2D eigenvalue weighted by Gasteiger charge is 2.85. The van der Waals surface area contributed by atoms with Crippen LogP contribution in [0.15, 0.2) is 11.6 Å². The summed E-state index contributed by atoms with van der Waals surface area (Å²) < 4.78 is 224. The number of ether oxygens (including phenoxy) is 2. The summed E-state index contributed by atoms with van der Waals surface area (Å²) in [4.78, 5) is 14.4. The standard InChI is InChI=1S/C12H3F17N2O3S/c13-5(8(17,18)19,3(32)31-4-30-1-2-35-4)33-12(28,29)7(16,10(23,24)25)34-11(26,27)6(14,15)9(20,21)22/h1-2H,(H,30,31,32)/t5-,7-/m0/s1. The van der Waals surface area contributed by atoms with Crippen molar-refractivity contribution in [2.24, 2.45) is 0 Å². The summed E-state index contributed by atoms with van der Waals surface area (Å²) in [6.45, 7) is 0. The molecule has 0 aromatic carbocycles. The van der Waals surface area contributed by atoms with Gasteiger partial charge in [-0.1, -0.05) is 0 Å². The van der Waals surface area contributed by atoms with Gasteiger partial charge in [-0.15, -0.1) is 11.3 Å². The van der Waals surface area contributed by atoms with Crippen LogP contribution >= 0.6 is 11.3 Å². The lowest BCUT2D eigenvalue weighted by molar-refractivity contribution is -0.548. The van der Waals surface area contributed by atoms with E-state index in [1.54, 1.807) is 0 Å². The monoisotopic (exact) mass is 578 g/mol. The van der Waals surface area contributed by atoms with Crippen LogP contribution in [-0.2, 0) is 14.3 Å². The SMILES string of the molecule is O=C(Nc1nccs1)[C@](F)(OC(F)(F)[C@@](F)(OC(F)(F)C(F)(F)C(F)(F)F)C(F)(F)F)C(F)(F)F. The van der Waals surface area contributed by atoms with Gasteiger partial charge in [0.15, 0.2) is 5.13 Å². The van der Waals surface area contributed by atoms with Gasteiger partial charge in [-0.25, -0.2) is 4.98 Å². The van der Waals surface area contributed by atoms with Gasteiger partial charge in [-0.2, -0.15) is 74.6 Å². The molecule has 0 aliphatic carbocycles. The Kier molecular flexibility index (Phi) is 7.71. The minimum absolute atomic E-state index is 0.131. The maximum atomic E-state index is 14.2. The van der Waals surface area contributed by atoms with Crippen LogP contribution in [-0.4, -0.2) is 59.3 Å². The second-order valence-electron chi connectivity index (χ2n) is 5.79. The van der Waals surface area contributed by atoms with Crippen LogP contribution in [0.25, 0.3) is 0 Å². The van der Waals surface area contributed by atoms with Gasteiger partial charge in [0.1, 0.15) is 0 Å². The van der Waals surface area contributed by atoms with Gasteiger partial charge in [0, 0.05) is 11.6 Å². The molecule has 0 unspecified atom stereocenters. The van der Waals surface area contributed by atoms with Crippen molar-refractivity contribution in [1.82, 2.24) is 4.98 Å². The molecule has 0 fully saturated rings. The van der Waals surface area contributed by atoms with Crippen LogP contribution in [0.2, 0.25) is 0 Å². The van der Waals surface area contributed by atoms with E-state index in [-0.39, 0.29) is 11.3 Å². The third-order valence-corrected chi connectivity index (χ3v) is 4.00. The molecule has 1 aromatic heterocycles. The molecule has 0 radical (unpaired) electrons. The normalized spacial score (nSPS) is 18.1. The number of nitrogens with zero attached hydrogens (tertiary/aromatic N) is 1. The van der Waals surface area contributed by atoms with Crippen LogP contribution in [0.1, 0.15) is 0 Å². The number of nitrogens with one attached hydrogen (secondary N) is 1. The van der Waals surface area contributed by atoms with Crippen LogP contribution in [0.5, 0.6) is 0 Å². The van der Waals surface area contributed by atoms with E-state index < -0.39 is 59.4 Å². The molecule has 1 N–H and O–H groups in total. The fourth-order valence-corrected chi connectivity index (χ4v) is 2.15. The summed E-state index contributed by atoms with van der Waals surface area (Å²) in [5.41, 5.74) is 0. The summed E-state index contributed by atoms with van der Waals surface area (Å²) in [7, 11) is 0. The Morgan fingerprint density at radius 3 is 1.54 bits per heavy atom. The number of hydrogen-bond donors (Lipinski definition) is 1. The number of anilines is 1. The summed E-state index contributed by atoms with van der Waals surface area (Å²) in [6, 6.07) is 0. The molecule has 2 atom stereocenters. The summed E-state index contributed by atoms with van der Waals surface area (Å²) in [5.74, 6) is -26.3. The highest BCUT2D eigenvalue weighted by atomic mass is 32.1. The van der Waals surface area contributed by atoms with Crippen molar-refractivity contribution >= 4 is 22.4 Å². The summed E-state index contributed by atoms with van der Waals surface area (Å²) >= 11 is 0.131. The van der Waals surface area contributed by atoms with Crippen molar-refractivity contribution in [1.29, 1.82) is 0 Å². The molecule has 0 aliphatic rings. The Hall–Kier alpha value is -2.17. The molecule has 0 spiro atoms. The number of hydrogen-bond acceptors (Lipinski definition) is 5. The Labute approximate surface area is 182 Å². The smallest absolute Gasteiger partial charge is 0.297 e. The first-order valence-corrected chi connectivity index (χ1v) is 8.37. The molecule has 1 heterocycles. The van der Waals surface area contributed by atoms with Crippen LogP contribution < -0.4 is 5.32 Å². The van der Waals surface area contributed by atoms with Gasteiger partial charge < -0.3 is 0 Å². The maximum Gasteiger partial charge on any atom is 0.462 e. The Morgan fingerprint density at radius 2 is 1.20 bits per heavy atom. The quantitative estimate of drug-likeness (QED) is 0.388. The third kappa shape index (κ3) is 5.49. The van der Waals surface area contributed by atoms with Gasteiger partial charge in [0.05, 0.1) is 0 Å². The van der Waals surface area contributed by atoms with E-state index in [0.29, 0.717) is 6.20 Å². The van der Waals surface area contributed by atoms with Crippen LogP contribution in [0, 0.1) is 0 Å². The Morgan fingerprint density at radius 1 is 0.714 bits per heavy atom. The number of carbonyl (C=O) groups excluding carboxylic acids is 1. The lowest BCUT2D eigenvalue weighted by Crippen LogP contribution is -2.68. The number of alkyl halides is 17. The topological polar surface area (TPSA) is 60.5 Å². The Bertz CT molecular complexity index is 896. The van der Waals surface area contributed by atoms with Crippen molar-refractivity contribution in [2.45, 2.75) is 48.4 Å². The van der Waals surface area contributed by atoms with Crippen molar-refractivity contribution in [3.05, 3.63) is 11.6 Å². The highest BCUT2D eigenvalue weighted by Crippen LogP contribution is 2.56. The van der Waals surface area contributed by atoms with Crippen molar-refractivity contribution in [2.75, 3.05) is 5.32 Å². The predicted octanol–water partition coefficient (Wildman–Crippen LogP) is 5.95. The van der Waals surface area contributed by atoms with E-state index in [0.717, 1.165) is 10.7 Å². The first kappa shape index (κ1) is 30.9. The van der Waals surface area contributed by atoms with Crippen LogP contribution in [0.4, 0.5) is 79.8 Å². The average molecular weight is 578 g/mol. The van der Waals surface area contributed by atoms with Gasteiger partial charge in [0.2, 0.25) is 0 Å². The third-order valence-electron chi connectivity index (χ3n) is 3.31. The van der Waals surface area contributed by atoms with E-state index in [1.165, 1.54) is 4.74 Å². The highest BCUT2D eigenvalue weighted by molar-refractivity contribution is 7.13. The number of amides is 1. The number of carbonyl (C=O) groups is 1. The molecule has 35 heavy (non-hydrogen) atoms. The molecule has 1 amide bonds. The molecule has 0 bridgehead atoms. The fraction of sp³-hybridized carbons (Fsp3) is 0.667. The zero-order valence-electron chi connectivity index (χ0n) is 15.2. The lowest BCUT2D eigenvalue weighted by atomic mass is 10.2. The molecule has 1 aromatic rings. The van der Waals surface area contributed by atoms with Crippen molar-refractivity contribution in [3.8, 4) is 0 Å². The second-order valence-corrected chi connectivity index (χ2v) is 6.68. The molecule has 1 rings (SSSR count). The molecule has 0 saturated carbocycles. The van der Waals surface area contributed by atoms with Gasteiger partial charge in [-0.3, -0.25) is 19.6 Å². The lowest BCUT2D eigenvalue weighted by Gasteiger charge is -2.40. The van der Waals surface area contributed by atoms with Crippen molar-refractivity contribution < 1.29 is 88.9 Å². The van der Waals surface area contributed by atoms with E-state index in [4.69, 9.17) is 0 Å². The Balaban J connectivity index is 3.60. The average Bonchev–Trinajstić information content (AvgIpc) is 3.10. The minimum Gasteiger partial charge on any atom is -0.297 e. The number of rotatable bonds is 8. The number of thiazole rings is 1. The summed E-state index contributed by atoms with van der Waals surface area (Å²) in [5, 5.41) is 0.486. The van der Waals surface area contributed by atoms with Gasteiger partial charge in [-0.05, 0) is 0 Å². The van der Waals surface area contributed by atoms with E-state index in [1.807, 2.05) is 4.74 Å². The zero-order chi connectivity index (χ0) is 28.1.